The maximum atomic E-state index is 13.6. The van der Waals surface area contributed by atoms with Crippen molar-refractivity contribution in [2.45, 2.75) is 70.6 Å². The summed E-state index contributed by atoms with van der Waals surface area (Å²) in [6, 6.07) is 0. The fraction of sp³-hybridized carbons (Fsp3) is 0.857. The fourth-order valence-corrected chi connectivity index (χ4v) is 8.10. The van der Waals surface area contributed by atoms with Crippen LogP contribution >= 0.6 is 0 Å². The third-order valence-corrected chi connectivity index (χ3v) is 9.12. The minimum Gasteiger partial charge on any atom is -0.393 e. The van der Waals surface area contributed by atoms with E-state index in [9.17, 15) is 20.1 Å². The zero-order chi connectivity index (χ0) is 19.6. The molecule has 5 aliphatic rings. The van der Waals surface area contributed by atoms with Gasteiger partial charge in [-0.2, -0.15) is 0 Å². The lowest BCUT2D eigenvalue weighted by Gasteiger charge is -2.71. The Morgan fingerprint density at radius 2 is 1.85 bits per heavy atom. The highest BCUT2D eigenvalue weighted by molar-refractivity contribution is 6.05. The van der Waals surface area contributed by atoms with Crippen LogP contribution in [0.15, 0.2) is 12.2 Å². The first kappa shape index (κ1) is 18.3. The molecule has 6 nitrogen and oxygen atoms in total. The number of hydrogen-bond donors (Lipinski definition) is 3. The Bertz CT molecular complexity index is 732. The monoisotopic (exact) mass is 378 g/mol. The molecule has 4 aliphatic carbocycles. The normalized spacial score (nSPS) is 58.6. The molecule has 5 fully saturated rings. The molecular weight excluding hydrogens is 348 g/mol. The highest BCUT2D eigenvalue weighted by Crippen LogP contribution is 2.74. The van der Waals surface area contributed by atoms with E-state index in [1.165, 1.54) is 0 Å². The average Bonchev–Trinajstić information content (AvgIpc) is 2.75. The standard InChI is InChI=1S/C21H30O6/c1-10-11-5-6-12-19(4)13(22)7-8-18(2,3)14(19)16(24)21(25)20(12,15(10)23)17(11)26-9-27-21/h11-14,16-17,22,24-25H,1,5-9H2,2-4H3/t11-,12?,13-,14+,16-,17?,19+,20-,21?/m0/s1. The molecule has 2 bridgehead atoms. The summed E-state index contributed by atoms with van der Waals surface area (Å²) in [7, 11) is 0. The molecule has 1 aliphatic heterocycles. The lowest BCUT2D eigenvalue weighted by molar-refractivity contribution is -0.449. The minimum atomic E-state index is -2.02. The molecule has 3 unspecified atom stereocenters. The largest absolute Gasteiger partial charge is 0.393 e. The van der Waals surface area contributed by atoms with Crippen LogP contribution in [0.25, 0.3) is 0 Å². The molecule has 1 spiro atoms. The summed E-state index contributed by atoms with van der Waals surface area (Å²) in [6.45, 7) is 10.00. The van der Waals surface area contributed by atoms with Gasteiger partial charge in [0, 0.05) is 17.3 Å². The first-order valence-corrected chi connectivity index (χ1v) is 10.1. The minimum absolute atomic E-state index is 0.157. The number of hydrogen-bond acceptors (Lipinski definition) is 6. The highest BCUT2D eigenvalue weighted by Gasteiger charge is 2.84. The van der Waals surface area contributed by atoms with Crippen molar-refractivity contribution in [1.29, 1.82) is 0 Å². The molecule has 0 aromatic carbocycles. The van der Waals surface area contributed by atoms with Gasteiger partial charge in [-0.3, -0.25) is 4.79 Å². The van der Waals surface area contributed by atoms with E-state index in [0.717, 1.165) is 12.8 Å². The van der Waals surface area contributed by atoms with Gasteiger partial charge in [0.2, 0.25) is 5.79 Å². The van der Waals surface area contributed by atoms with E-state index < -0.39 is 40.8 Å². The fourth-order valence-electron chi connectivity index (χ4n) is 8.10. The van der Waals surface area contributed by atoms with Crippen molar-refractivity contribution < 1.29 is 29.6 Å². The molecule has 4 saturated carbocycles. The molecule has 9 atom stereocenters. The summed E-state index contributed by atoms with van der Waals surface area (Å²) in [4.78, 5) is 13.6. The number of rotatable bonds is 0. The Morgan fingerprint density at radius 3 is 2.56 bits per heavy atom. The molecule has 1 saturated heterocycles. The van der Waals surface area contributed by atoms with Gasteiger partial charge < -0.3 is 24.8 Å². The van der Waals surface area contributed by atoms with Crippen molar-refractivity contribution in [1.82, 2.24) is 0 Å². The Morgan fingerprint density at radius 1 is 1.15 bits per heavy atom. The molecule has 0 radical (unpaired) electrons. The summed E-state index contributed by atoms with van der Waals surface area (Å²) in [5, 5.41) is 34.5. The van der Waals surface area contributed by atoms with Crippen molar-refractivity contribution in [3.8, 4) is 0 Å². The van der Waals surface area contributed by atoms with E-state index in [2.05, 4.69) is 20.4 Å². The molecule has 5 rings (SSSR count). The Labute approximate surface area is 159 Å². The summed E-state index contributed by atoms with van der Waals surface area (Å²) < 4.78 is 11.6. The Kier molecular flexibility index (Phi) is 3.40. The number of fused-ring (bicyclic) bond motifs is 2. The number of aliphatic hydroxyl groups is 3. The molecule has 0 aromatic heterocycles. The van der Waals surface area contributed by atoms with Crippen LogP contribution < -0.4 is 0 Å². The molecule has 150 valence electrons. The second-order valence-electron chi connectivity index (χ2n) is 10.3. The molecule has 1 heterocycles. The first-order valence-electron chi connectivity index (χ1n) is 10.1. The molecule has 6 heteroatoms. The van der Waals surface area contributed by atoms with Gasteiger partial charge in [-0.25, -0.2) is 0 Å². The number of Topliss-reactive ketones (excluding diaryl/α,β-unsaturated/α-hetero) is 1. The van der Waals surface area contributed by atoms with Gasteiger partial charge in [0.1, 0.15) is 11.5 Å². The number of ketones is 1. The summed E-state index contributed by atoms with van der Waals surface area (Å²) in [5.74, 6) is -3.17. The van der Waals surface area contributed by atoms with Crippen LogP contribution in [0.4, 0.5) is 0 Å². The third-order valence-electron chi connectivity index (χ3n) is 9.12. The molecule has 27 heavy (non-hydrogen) atoms. The lowest BCUT2D eigenvalue weighted by atomic mass is 9.37. The van der Waals surface area contributed by atoms with Crippen LogP contribution in [0.3, 0.4) is 0 Å². The molecule has 3 N–H and O–H groups in total. The Hall–Kier alpha value is -0.790. The van der Waals surface area contributed by atoms with E-state index >= 15 is 0 Å². The predicted molar refractivity (Wildman–Crippen MR) is 95.2 cm³/mol. The van der Waals surface area contributed by atoms with Gasteiger partial charge >= 0.3 is 0 Å². The average molecular weight is 378 g/mol. The van der Waals surface area contributed by atoms with Crippen molar-refractivity contribution in [3.63, 3.8) is 0 Å². The van der Waals surface area contributed by atoms with E-state index in [-0.39, 0.29) is 29.8 Å². The SMILES string of the molecule is C=C1C(=O)[C@@]23C4OCOC2(O)[C@@H](O)[C@@H]2C(C)(C)CC[C@H](O)[C@@]2(C)C3CC[C@@H]14. The van der Waals surface area contributed by atoms with Gasteiger partial charge in [-0.1, -0.05) is 27.4 Å². The van der Waals surface area contributed by atoms with Crippen molar-refractivity contribution in [2.75, 3.05) is 6.79 Å². The molecule has 0 amide bonds. The van der Waals surface area contributed by atoms with Crippen molar-refractivity contribution >= 4 is 5.78 Å². The number of carbonyl (C=O) groups excluding carboxylic acids is 1. The van der Waals surface area contributed by atoms with Crippen LogP contribution in [-0.4, -0.2) is 52.0 Å². The topological polar surface area (TPSA) is 96.2 Å². The number of aliphatic hydroxyl groups excluding tert-OH is 2. The smallest absolute Gasteiger partial charge is 0.210 e. The van der Waals surface area contributed by atoms with Crippen LogP contribution in [0.1, 0.15) is 46.5 Å². The van der Waals surface area contributed by atoms with Crippen LogP contribution in [-0.2, 0) is 14.3 Å². The highest BCUT2D eigenvalue weighted by atomic mass is 16.7. The quantitative estimate of drug-likeness (QED) is 0.551. The number of ether oxygens (including phenoxy) is 2. The van der Waals surface area contributed by atoms with Gasteiger partial charge in [-0.15, -0.1) is 0 Å². The zero-order valence-electron chi connectivity index (χ0n) is 16.3. The van der Waals surface area contributed by atoms with Gasteiger partial charge in [0.15, 0.2) is 12.6 Å². The van der Waals surface area contributed by atoms with Gasteiger partial charge in [0.25, 0.3) is 0 Å². The molecule has 0 aromatic rings. The maximum absolute atomic E-state index is 13.6. The summed E-state index contributed by atoms with van der Waals surface area (Å²) in [5.41, 5.74) is -1.96. The Balaban J connectivity index is 1.81. The van der Waals surface area contributed by atoms with Crippen LogP contribution in [0, 0.1) is 34.0 Å². The van der Waals surface area contributed by atoms with E-state index in [1.807, 2.05) is 6.92 Å². The van der Waals surface area contributed by atoms with E-state index in [1.54, 1.807) is 0 Å². The van der Waals surface area contributed by atoms with E-state index in [0.29, 0.717) is 18.4 Å². The first-order chi connectivity index (χ1) is 12.5. The zero-order valence-corrected chi connectivity index (χ0v) is 16.3. The second kappa shape index (κ2) is 5.03. The second-order valence-corrected chi connectivity index (χ2v) is 10.3. The van der Waals surface area contributed by atoms with Crippen molar-refractivity contribution in [3.05, 3.63) is 12.2 Å². The number of carbonyl (C=O) groups is 1. The predicted octanol–water partition coefficient (Wildman–Crippen LogP) is 1.38. The third kappa shape index (κ3) is 1.67. The molecular formula is C21H30O6. The lowest BCUT2D eigenvalue weighted by Crippen LogP contribution is -2.82. The van der Waals surface area contributed by atoms with Gasteiger partial charge in [0.05, 0.1) is 12.2 Å². The van der Waals surface area contributed by atoms with E-state index in [4.69, 9.17) is 9.47 Å². The summed E-state index contributed by atoms with van der Waals surface area (Å²) >= 11 is 0. The van der Waals surface area contributed by atoms with Crippen LogP contribution in [0.2, 0.25) is 0 Å². The van der Waals surface area contributed by atoms with Crippen LogP contribution in [0.5, 0.6) is 0 Å². The van der Waals surface area contributed by atoms with Gasteiger partial charge in [-0.05, 0) is 42.6 Å². The maximum Gasteiger partial charge on any atom is 0.210 e. The summed E-state index contributed by atoms with van der Waals surface area (Å²) in [6.07, 6.45) is 0.267. The van der Waals surface area contributed by atoms with Crippen molar-refractivity contribution in [2.24, 2.45) is 34.0 Å².